The summed E-state index contributed by atoms with van der Waals surface area (Å²) < 4.78 is 30.2. The molecule has 5 aromatic rings. The van der Waals surface area contributed by atoms with Crippen LogP contribution in [0.15, 0.2) is 100 Å². The zero-order valence-electron chi connectivity index (χ0n) is 31.5. The summed E-state index contributed by atoms with van der Waals surface area (Å²) in [4.78, 5) is 56.4. The molecule has 294 valence electrons. The van der Waals surface area contributed by atoms with Gasteiger partial charge in [0.1, 0.15) is 19.3 Å². The lowest BCUT2D eigenvalue weighted by Crippen LogP contribution is -2.35. The normalized spacial score (nSPS) is 13.7. The number of benzene rings is 4. The summed E-state index contributed by atoms with van der Waals surface area (Å²) in [5, 5.41) is 25.0. The molecule has 0 saturated carbocycles. The van der Waals surface area contributed by atoms with E-state index < -0.39 is 33.1 Å². The Labute approximate surface area is 330 Å². The van der Waals surface area contributed by atoms with Crippen molar-refractivity contribution < 1.29 is 38.3 Å². The number of aromatic nitrogens is 1. The lowest BCUT2D eigenvalue weighted by Gasteiger charge is -2.23. The number of nitro benzene ring substituents is 2. The number of rotatable bonds is 16. The predicted molar refractivity (Wildman–Crippen MR) is 211 cm³/mol. The fraction of sp³-hybridized carbons (Fsp3) is 0.244. The fourth-order valence-corrected chi connectivity index (χ4v) is 7.23. The van der Waals surface area contributed by atoms with Crippen LogP contribution in [0.2, 0.25) is 0 Å². The van der Waals surface area contributed by atoms with Crippen molar-refractivity contribution >= 4 is 40.5 Å². The second-order valence-corrected chi connectivity index (χ2v) is 13.4. The Morgan fingerprint density at radius 1 is 0.772 bits per heavy atom. The van der Waals surface area contributed by atoms with E-state index in [-0.39, 0.29) is 93.5 Å². The second-order valence-electron chi connectivity index (χ2n) is 12.4. The summed E-state index contributed by atoms with van der Waals surface area (Å²) in [6.45, 7) is 7.25. The minimum atomic E-state index is -1.31. The fourth-order valence-electron chi connectivity index (χ4n) is 6.20. The van der Waals surface area contributed by atoms with Gasteiger partial charge >= 0.3 is 5.97 Å². The first kappa shape index (κ1) is 39.9. The van der Waals surface area contributed by atoms with Crippen LogP contribution in [0, 0.1) is 20.2 Å². The van der Waals surface area contributed by atoms with E-state index >= 15 is 0 Å². The van der Waals surface area contributed by atoms with E-state index in [0.717, 1.165) is 22.5 Å². The van der Waals surface area contributed by atoms with E-state index in [0.29, 0.717) is 0 Å². The van der Waals surface area contributed by atoms with Gasteiger partial charge in [0.25, 0.3) is 16.9 Å². The molecule has 4 aromatic carbocycles. The van der Waals surface area contributed by atoms with Crippen molar-refractivity contribution in [2.24, 2.45) is 4.99 Å². The van der Waals surface area contributed by atoms with Crippen LogP contribution in [0.3, 0.4) is 0 Å². The number of hydrogen-bond donors (Lipinski definition) is 0. The molecule has 0 bridgehead atoms. The Morgan fingerprint density at radius 2 is 1.30 bits per heavy atom. The van der Waals surface area contributed by atoms with E-state index in [2.05, 4.69) is 0 Å². The number of fused-ring (bicyclic) bond motifs is 1. The van der Waals surface area contributed by atoms with Gasteiger partial charge in [-0.3, -0.25) is 29.6 Å². The van der Waals surface area contributed by atoms with Crippen LogP contribution < -0.4 is 33.8 Å². The molecule has 1 aliphatic heterocycles. The summed E-state index contributed by atoms with van der Waals surface area (Å²) in [5.41, 5.74) is 0.360. The Kier molecular flexibility index (Phi) is 12.4. The number of nitro groups is 2. The van der Waals surface area contributed by atoms with Crippen molar-refractivity contribution in [3.8, 4) is 23.0 Å². The minimum absolute atomic E-state index is 0.00127. The Bertz CT molecular complexity index is 2530. The third-order valence-electron chi connectivity index (χ3n) is 8.77. The third-order valence-corrected chi connectivity index (χ3v) is 9.76. The molecule has 0 fully saturated rings. The first-order valence-corrected chi connectivity index (χ1v) is 18.8. The van der Waals surface area contributed by atoms with Crippen LogP contribution in [0.4, 0.5) is 11.4 Å². The topological polar surface area (TPSA) is 184 Å². The molecule has 0 aliphatic carbocycles. The summed E-state index contributed by atoms with van der Waals surface area (Å²) >= 11 is 0.897. The predicted octanol–water partition coefficient (Wildman–Crippen LogP) is 6.68. The number of nitrogens with zero attached hydrogens (tertiary/aromatic N) is 4. The maximum atomic E-state index is 14.1. The molecule has 0 unspecified atom stereocenters. The van der Waals surface area contributed by atoms with Gasteiger partial charge in [-0.2, -0.15) is 0 Å². The highest BCUT2D eigenvalue weighted by atomic mass is 32.1. The van der Waals surface area contributed by atoms with E-state index in [1.165, 1.54) is 41.8 Å². The Hall–Kier alpha value is -6.81. The highest BCUT2D eigenvalue weighted by molar-refractivity contribution is 7.07. The summed E-state index contributed by atoms with van der Waals surface area (Å²) in [6, 6.07) is 22.5. The maximum absolute atomic E-state index is 14.1. The van der Waals surface area contributed by atoms with E-state index in [1.54, 1.807) is 20.8 Å². The minimum Gasteiger partial charge on any atom is -0.490 e. The second kappa shape index (κ2) is 17.8. The summed E-state index contributed by atoms with van der Waals surface area (Å²) in [7, 11) is 0. The van der Waals surface area contributed by atoms with Gasteiger partial charge in [-0.25, -0.2) is 9.79 Å². The van der Waals surface area contributed by atoms with Gasteiger partial charge in [-0.1, -0.05) is 72.0 Å². The molecule has 1 aromatic heterocycles. The third kappa shape index (κ3) is 8.70. The van der Waals surface area contributed by atoms with Crippen LogP contribution in [-0.2, 0) is 22.7 Å². The van der Waals surface area contributed by atoms with Crippen molar-refractivity contribution in [3.63, 3.8) is 0 Å². The molecule has 16 heteroatoms. The molecule has 0 saturated heterocycles. The molecule has 0 N–H and O–H groups in total. The van der Waals surface area contributed by atoms with Crippen molar-refractivity contribution in [3.05, 3.63) is 153 Å². The van der Waals surface area contributed by atoms with Gasteiger partial charge < -0.3 is 23.7 Å². The number of thiazole rings is 1. The first-order valence-electron chi connectivity index (χ1n) is 18.0. The zero-order valence-corrected chi connectivity index (χ0v) is 32.3. The quantitative estimate of drug-likeness (QED) is 0.0590. The summed E-state index contributed by atoms with van der Waals surface area (Å²) in [5.74, 6) is -0.169. The van der Waals surface area contributed by atoms with Crippen LogP contribution in [-0.4, -0.2) is 40.2 Å². The largest absolute Gasteiger partial charge is 0.490 e. The number of allylic oxidation sites excluding steroid dienone is 1. The molecule has 0 radical (unpaired) electrons. The van der Waals surface area contributed by atoms with Crippen molar-refractivity contribution in [2.75, 3.05) is 19.8 Å². The number of esters is 1. The zero-order chi connectivity index (χ0) is 40.6. The Balaban J connectivity index is 1.50. The van der Waals surface area contributed by atoms with Crippen molar-refractivity contribution in [2.45, 2.75) is 47.0 Å². The molecule has 57 heavy (non-hydrogen) atoms. The number of hydrogen-bond acceptors (Lipinski definition) is 13. The van der Waals surface area contributed by atoms with Gasteiger partial charge in [0.2, 0.25) is 0 Å². The van der Waals surface area contributed by atoms with Gasteiger partial charge in [0.15, 0.2) is 27.8 Å². The Morgan fingerprint density at radius 3 is 1.82 bits per heavy atom. The molecular weight excluding hydrogens is 757 g/mol. The number of ether oxygens (including phenoxy) is 5. The van der Waals surface area contributed by atoms with Crippen LogP contribution in [0.5, 0.6) is 23.0 Å². The van der Waals surface area contributed by atoms with Crippen LogP contribution in [0.25, 0.3) is 11.8 Å². The van der Waals surface area contributed by atoms with Crippen molar-refractivity contribution in [1.29, 1.82) is 0 Å². The average Bonchev–Trinajstić information content (AvgIpc) is 3.51. The van der Waals surface area contributed by atoms with Crippen molar-refractivity contribution in [1.82, 2.24) is 4.57 Å². The molecule has 1 atom stereocenters. The molecule has 6 rings (SSSR count). The lowest BCUT2D eigenvalue weighted by molar-refractivity contribution is -0.385. The molecular formula is C41H38N4O11S. The van der Waals surface area contributed by atoms with Gasteiger partial charge in [0, 0.05) is 5.70 Å². The van der Waals surface area contributed by atoms with Gasteiger partial charge in [-0.15, -0.1) is 0 Å². The van der Waals surface area contributed by atoms with Crippen LogP contribution >= 0.6 is 11.3 Å². The average molecular weight is 795 g/mol. The smallest absolute Gasteiger partial charge is 0.338 e. The van der Waals surface area contributed by atoms with E-state index in [4.69, 9.17) is 28.7 Å². The van der Waals surface area contributed by atoms with E-state index in [9.17, 15) is 29.8 Å². The molecule has 2 heterocycles. The monoisotopic (exact) mass is 794 g/mol. The summed E-state index contributed by atoms with van der Waals surface area (Å²) in [6.07, 6.45) is 1.34. The SMILES string of the molecule is CCOC(=O)C1=C(C)n2c(s/c(=C\c3cc(OCC)c(OCc4ccccc4)cc3[N+](=O)[O-])c2=O)=N[C@H]1c1cc(OCC)c(OCc2ccccc2)cc1[N+](=O)[O-]. The van der Waals surface area contributed by atoms with Crippen LogP contribution in [0.1, 0.15) is 56.0 Å². The molecule has 1 aliphatic rings. The van der Waals surface area contributed by atoms with Gasteiger partial charge in [-0.05, 0) is 57.0 Å². The number of carbonyl (C=O) groups excluding carboxylic acids is 1. The molecule has 0 amide bonds. The molecule has 15 nitrogen and oxygen atoms in total. The standard InChI is InChI=1S/C41H38N4O11S/c1-5-52-32-18-28(30(44(48)49)21-34(32)55-23-26-14-10-8-11-15-26)19-36-39(46)43-25(4)37(40(47)54-7-3)38(42-41(43)57-36)29-20-33(53-6-2)35(22-31(29)45(50)51)56-24-27-16-12-9-13-17-27/h8-22,38H,5-7,23-24H2,1-4H3/b36-19-/t38-/m0/s1. The van der Waals surface area contributed by atoms with E-state index in [1.807, 2.05) is 60.7 Å². The maximum Gasteiger partial charge on any atom is 0.338 e. The lowest BCUT2D eigenvalue weighted by atomic mass is 9.94. The highest BCUT2D eigenvalue weighted by Crippen LogP contribution is 2.43. The number of carbonyl (C=O) groups is 1. The molecule has 0 spiro atoms. The highest BCUT2D eigenvalue weighted by Gasteiger charge is 2.36. The van der Waals surface area contributed by atoms with Gasteiger partial charge in [0.05, 0.1) is 63.0 Å². The first-order chi connectivity index (χ1) is 27.5.